The third kappa shape index (κ3) is 4.85. The first kappa shape index (κ1) is 22.3. The zero-order valence-corrected chi connectivity index (χ0v) is 18.2. The van der Waals surface area contributed by atoms with E-state index in [2.05, 4.69) is 0 Å². The van der Waals surface area contributed by atoms with Gasteiger partial charge in [0.05, 0.1) is 15.6 Å². The monoisotopic (exact) mass is 471 g/mol. The maximum Gasteiger partial charge on any atom is 0.270 e. The van der Waals surface area contributed by atoms with Crippen molar-refractivity contribution in [3.05, 3.63) is 62.6 Å². The average Bonchev–Trinajstić information content (AvgIpc) is 2.73. The van der Waals surface area contributed by atoms with E-state index in [0.29, 0.717) is 18.1 Å². The number of nitrogens with zero attached hydrogens (tertiary/aromatic N) is 3. The van der Waals surface area contributed by atoms with Crippen molar-refractivity contribution in [2.75, 3.05) is 23.9 Å². The fraction of sp³-hybridized carbons (Fsp3) is 0.316. The zero-order chi connectivity index (χ0) is 21.9. The number of benzene rings is 2. The second kappa shape index (κ2) is 9.20. The van der Waals surface area contributed by atoms with E-state index in [1.807, 2.05) is 0 Å². The Labute approximate surface area is 184 Å². The highest BCUT2D eigenvalue weighted by Crippen LogP contribution is 2.32. The number of anilines is 1. The lowest BCUT2D eigenvalue weighted by molar-refractivity contribution is -0.385. The van der Waals surface area contributed by atoms with Crippen LogP contribution < -0.4 is 4.31 Å². The number of rotatable bonds is 6. The number of halogens is 2. The van der Waals surface area contributed by atoms with E-state index in [4.69, 9.17) is 23.2 Å². The molecule has 0 bridgehead atoms. The summed E-state index contributed by atoms with van der Waals surface area (Å²) in [6, 6.07) is 9.10. The number of hydrogen-bond acceptors (Lipinski definition) is 5. The number of nitro benzene ring substituents is 1. The standard InChI is InChI=1S/C19H19Cl2N3O5S/c20-14-4-6-15(7-5-14)23(13-19(25)22-10-2-1-3-11-22)30(28,29)18-12-16(24(26)27)8-9-17(18)21/h4-9,12H,1-3,10-11,13H2. The summed E-state index contributed by atoms with van der Waals surface area (Å²) in [6.45, 7) is 0.665. The summed E-state index contributed by atoms with van der Waals surface area (Å²) in [5.41, 5.74) is -0.219. The Hall–Kier alpha value is -2.36. The fourth-order valence-corrected chi connectivity index (χ4v) is 5.25. The predicted molar refractivity (Wildman–Crippen MR) is 115 cm³/mol. The second-order valence-corrected chi connectivity index (χ2v) is 9.48. The summed E-state index contributed by atoms with van der Waals surface area (Å²) in [7, 11) is -4.38. The Morgan fingerprint density at radius 2 is 1.70 bits per heavy atom. The molecule has 2 aromatic rings. The van der Waals surface area contributed by atoms with Crippen LogP contribution in [-0.4, -0.2) is 43.8 Å². The van der Waals surface area contributed by atoms with Gasteiger partial charge in [0.1, 0.15) is 11.4 Å². The smallest absolute Gasteiger partial charge is 0.270 e. The van der Waals surface area contributed by atoms with Crippen LogP contribution in [0, 0.1) is 10.1 Å². The van der Waals surface area contributed by atoms with Crippen molar-refractivity contribution in [2.45, 2.75) is 24.2 Å². The Balaban J connectivity index is 2.04. The molecule has 0 spiro atoms. The van der Waals surface area contributed by atoms with Gasteiger partial charge >= 0.3 is 0 Å². The van der Waals surface area contributed by atoms with Crippen molar-refractivity contribution in [3.63, 3.8) is 0 Å². The number of hydrogen-bond donors (Lipinski definition) is 0. The Kier molecular flexibility index (Phi) is 6.84. The van der Waals surface area contributed by atoms with Gasteiger partial charge in [0, 0.05) is 30.2 Å². The minimum Gasteiger partial charge on any atom is -0.341 e. The summed E-state index contributed by atoms with van der Waals surface area (Å²) in [5.74, 6) is -0.352. The number of amides is 1. The number of sulfonamides is 1. The fourth-order valence-electron chi connectivity index (χ4n) is 3.21. The van der Waals surface area contributed by atoms with Crippen LogP contribution >= 0.6 is 23.2 Å². The number of carbonyl (C=O) groups is 1. The van der Waals surface area contributed by atoms with Gasteiger partial charge in [0.25, 0.3) is 15.7 Å². The molecule has 0 aliphatic carbocycles. The summed E-state index contributed by atoms with van der Waals surface area (Å²) in [6.07, 6.45) is 2.73. The number of non-ortho nitro benzene ring substituents is 1. The summed E-state index contributed by atoms with van der Waals surface area (Å²) in [5, 5.41) is 11.4. The SMILES string of the molecule is O=C(CN(c1ccc(Cl)cc1)S(=O)(=O)c1cc([N+](=O)[O-])ccc1Cl)N1CCCCC1. The third-order valence-electron chi connectivity index (χ3n) is 4.80. The Morgan fingerprint density at radius 1 is 1.07 bits per heavy atom. The largest absolute Gasteiger partial charge is 0.341 e. The van der Waals surface area contributed by atoms with Crippen molar-refractivity contribution in [2.24, 2.45) is 0 Å². The molecule has 1 aliphatic heterocycles. The molecular weight excluding hydrogens is 453 g/mol. The van der Waals surface area contributed by atoms with Crippen molar-refractivity contribution < 1.29 is 18.1 Å². The van der Waals surface area contributed by atoms with Gasteiger partial charge in [-0.1, -0.05) is 23.2 Å². The van der Waals surface area contributed by atoms with Gasteiger partial charge < -0.3 is 4.90 Å². The van der Waals surface area contributed by atoms with E-state index in [9.17, 15) is 23.3 Å². The quantitative estimate of drug-likeness (QED) is 0.465. The first-order valence-electron chi connectivity index (χ1n) is 9.20. The van der Waals surface area contributed by atoms with E-state index in [-0.39, 0.29) is 16.6 Å². The minimum absolute atomic E-state index is 0.176. The normalized spacial score (nSPS) is 14.4. The van der Waals surface area contributed by atoms with Gasteiger partial charge in [0.15, 0.2) is 0 Å². The van der Waals surface area contributed by atoms with Crippen molar-refractivity contribution in [1.29, 1.82) is 0 Å². The van der Waals surface area contributed by atoms with Crippen molar-refractivity contribution in [3.8, 4) is 0 Å². The Bertz CT molecular complexity index is 1050. The van der Waals surface area contributed by atoms with Crippen LogP contribution in [-0.2, 0) is 14.8 Å². The molecule has 0 radical (unpaired) electrons. The predicted octanol–water partition coefficient (Wildman–Crippen LogP) is 4.11. The molecule has 8 nitrogen and oxygen atoms in total. The maximum atomic E-state index is 13.4. The molecule has 30 heavy (non-hydrogen) atoms. The van der Waals surface area contributed by atoms with Gasteiger partial charge in [0.2, 0.25) is 5.91 Å². The Morgan fingerprint density at radius 3 is 2.30 bits per heavy atom. The first-order chi connectivity index (χ1) is 14.2. The lowest BCUT2D eigenvalue weighted by atomic mass is 10.1. The van der Waals surface area contributed by atoms with E-state index >= 15 is 0 Å². The van der Waals surface area contributed by atoms with Crippen LogP contribution in [0.3, 0.4) is 0 Å². The first-order valence-corrected chi connectivity index (χ1v) is 11.4. The van der Waals surface area contributed by atoms with Gasteiger partial charge in [-0.15, -0.1) is 0 Å². The minimum atomic E-state index is -4.38. The highest BCUT2D eigenvalue weighted by Gasteiger charge is 2.32. The molecule has 0 aromatic heterocycles. The molecule has 0 atom stereocenters. The van der Waals surface area contributed by atoms with Crippen LogP contribution in [0.15, 0.2) is 47.4 Å². The number of piperidine rings is 1. The topological polar surface area (TPSA) is 101 Å². The summed E-state index contributed by atoms with van der Waals surface area (Å²) < 4.78 is 27.8. The van der Waals surface area contributed by atoms with Gasteiger partial charge in [-0.05, 0) is 49.6 Å². The molecule has 1 fully saturated rings. The number of nitro groups is 1. The van der Waals surface area contributed by atoms with Crippen LogP contribution in [0.25, 0.3) is 0 Å². The van der Waals surface area contributed by atoms with Crippen LogP contribution in [0.4, 0.5) is 11.4 Å². The molecule has 0 N–H and O–H groups in total. The summed E-state index contributed by atoms with van der Waals surface area (Å²) in [4.78, 5) is 24.4. The highest BCUT2D eigenvalue weighted by atomic mass is 35.5. The lowest BCUT2D eigenvalue weighted by Crippen LogP contribution is -2.44. The maximum absolute atomic E-state index is 13.4. The van der Waals surface area contributed by atoms with Crippen LogP contribution in [0.2, 0.25) is 10.0 Å². The molecular formula is C19H19Cl2N3O5S. The van der Waals surface area contributed by atoms with Crippen molar-refractivity contribution in [1.82, 2.24) is 4.90 Å². The molecule has 2 aromatic carbocycles. The van der Waals surface area contributed by atoms with Crippen molar-refractivity contribution >= 4 is 50.5 Å². The van der Waals surface area contributed by atoms with E-state index in [1.54, 1.807) is 4.90 Å². The van der Waals surface area contributed by atoms with Crippen LogP contribution in [0.5, 0.6) is 0 Å². The average molecular weight is 472 g/mol. The molecule has 1 amide bonds. The number of likely N-dealkylation sites (tertiary alicyclic amines) is 1. The molecule has 160 valence electrons. The second-order valence-electron chi connectivity index (χ2n) is 6.80. The summed E-state index contributed by atoms with van der Waals surface area (Å²) >= 11 is 12.0. The van der Waals surface area contributed by atoms with Gasteiger partial charge in [-0.25, -0.2) is 8.42 Å². The molecule has 3 rings (SSSR count). The lowest BCUT2D eigenvalue weighted by Gasteiger charge is -2.30. The highest BCUT2D eigenvalue weighted by molar-refractivity contribution is 7.93. The zero-order valence-electron chi connectivity index (χ0n) is 15.8. The van der Waals surface area contributed by atoms with Gasteiger partial charge in [-0.3, -0.25) is 19.2 Å². The molecule has 0 unspecified atom stereocenters. The van der Waals surface area contributed by atoms with E-state index in [0.717, 1.165) is 41.8 Å². The van der Waals surface area contributed by atoms with E-state index in [1.165, 1.54) is 24.3 Å². The molecule has 11 heteroatoms. The molecule has 1 saturated heterocycles. The van der Waals surface area contributed by atoms with Gasteiger partial charge in [-0.2, -0.15) is 0 Å². The van der Waals surface area contributed by atoms with Crippen LogP contribution in [0.1, 0.15) is 19.3 Å². The van der Waals surface area contributed by atoms with E-state index < -0.39 is 32.1 Å². The molecule has 1 heterocycles. The number of carbonyl (C=O) groups excluding carboxylic acids is 1. The molecule has 1 aliphatic rings. The molecule has 0 saturated carbocycles. The third-order valence-corrected chi connectivity index (χ3v) is 7.30.